The lowest BCUT2D eigenvalue weighted by Gasteiger charge is -2.53. The van der Waals surface area contributed by atoms with Crippen LogP contribution < -0.4 is 0 Å². The van der Waals surface area contributed by atoms with Crippen molar-refractivity contribution < 1.29 is 19.4 Å². The molecular formula is C13H21NO4. The number of rotatable bonds is 1. The summed E-state index contributed by atoms with van der Waals surface area (Å²) >= 11 is 0. The molecule has 2 rings (SSSR count). The maximum Gasteiger partial charge on any atom is 0.411 e. The molecule has 0 bridgehead atoms. The molecule has 0 radical (unpaired) electrons. The maximum atomic E-state index is 11.9. The molecule has 1 aliphatic heterocycles. The van der Waals surface area contributed by atoms with Crippen LogP contribution in [0.1, 0.15) is 46.5 Å². The topological polar surface area (TPSA) is 66.8 Å². The molecule has 1 aliphatic carbocycles. The van der Waals surface area contributed by atoms with Crippen molar-refractivity contribution in [3.8, 4) is 0 Å². The van der Waals surface area contributed by atoms with E-state index in [4.69, 9.17) is 4.74 Å². The van der Waals surface area contributed by atoms with Crippen LogP contribution in [0.15, 0.2) is 0 Å². The number of carbonyl (C=O) groups is 2. The van der Waals surface area contributed by atoms with E-state index >= 15 is 0 Å². The number of hydrogen-bond acceptors (Lipinski definition) is 3. The molecule has 1 saturated heterocycles. The molecule has 1 N–H and O–H groups in total. The molecule has 1 amide bonds. The van der Waals surface area contributed by atoms with Crippen LogP contribution >= 0.6 is 0 Å². The van der Waals surface area contributed by atoms with E-state index in [1.807, 2.05) is 0 Å². The molecule has 102 valence electrons. The van der Waals surface area contributed by atoms with Crippen LogP contribution in [-0.2, 0) is 9.53 Å². The first kappa shape index (κ1) is 13.2. The maximum absolute atomic E-state index is 11.9. The summed E-state index contributed by atoms with van der Waals surface area (Å²) in [5, 5.41) is 9.33. The predicted octanol–water partition coefficient (Wildman–Crippen LogP) is 2.25. The minimum atomic E-state index is -0.908. The Morgan fingerprint density at radius 1 is 1.28 bits per heavy atom. The quantitative estimate of drug-likeness (QED) is 0.780. The van der Waals surface area contributed by atoms with E-state index in [2.05, 4.69) is 0 Å². The van der Waals surface area contributed by atoms with Crippen molar-refractivity contribution in [1.29, 1.82) is 0 Å². The highest BCUT2D eigenvalue weighted by molar-refractivity contribution is 5.83. The molecule has 1 atom stereocenters. The summed E-state index contributed by atoms with van der Waals surface area (Å²) in [5.41, 5.74) is -0.776. The van der Waals surface area contributed by atoms with E-state index in [-0.39, 0.29) is 5.41 Å². The van der Waals surface area contributed by atoms with Gasteiger partial charge in [0.2, 0.25) is 0 Å². The Labute approximate surface area is 107 Å². The average molecular weight is 255 g/mol. The van der Waals surface area contributed by atoms with E-state index in [1.54, 1.807) is 20.8 Å². The number of likely N-dealkylation sites (tertiary alicyclic amines) is 1. The third-order valence-electron chi connectivity index (χ3n) is 3.84. The second-order valence-corrected chi connectivity index (χ2v) is 6.42. The van der Waals surface area contributed by atoms with Gasteiger partial charge in [-0.25, -0.2) is 9.59 Å². The highest BCUT2D eigenvalue weighted by Gasteiger charge is 2.59. The smallest absolute Gasteiger partial charge is 0.411 e. The van der Waals surface area contributed by atoms with Gasteiger partial charge in [0.1, 0.15) is 11.6 Å². The standard InChI is InChI=1S/C13H21NO4/c1-12(2,3)18-11(17)14-8-13(6-4-5-7-13)9(14)10(15)16/h9H,4-8H2,1-3H3,(H,15,16)/t9-/m1/s1. The lowest BCUT2D eigenvalue weighted by atomic mass is 9.70. The lowest BCUT2D eigenvalue weighted by molar-refractivity contribution is -0.162. The number of aliphatic carboxylic acids is 1. The van der Waals surface area contributed by atoms with Gasteiger partial charge >= 0.3 is 12.1 Å². The van der Waals surface area contributed by atoms with Gasteiger partial charge in [0, 0.05) is 12.0 Å². The van der Waals surface area contributed by atoms with Crippen LogP contribution in [-0.4, -0.2) is 40.3 Å². The molecule has 2 fully saturated rings. The zero-order valence-corrected chi connectivity index (χ0v) is 11.2. The molecule has 1 heterocycles. The van der Waals surface area contributed by atoms with Crippen molar-refractivity contribution in [2.75, 3.05) is 6.54 Å². The third kappa shape index (κ3) is 2.18. The molecule has 0 aromatic rings. The van der Waals surface area contributed by atoms with Gasteiger partial charge in [-0.1, -0.05) is 12.8 Å². The Morgan fingerprint density at radius 3 is 2.28 bits per heavy atom. The largest absolute Gasteiger partial charge is 0.480 e. The van der Waals surface area contributed by atoms with Gasteiger partial charge in [-0.3, -0.25) is 4.90 Å². The van der Waals surface area contributed by atoms with E-state index < -0.39 is 23.7 Å². The Balaban J connectivity index is 2.07. The molecular weight excluding hydrogens is 234 g/mol. The third-order valence-corrected chi connectivity index (χ3v) is 3.84. The van der Waals surface area contributed by atoms with Crippen LogP contribution in [0.2, 0.25) is 0 Å². The normalized spacial score (nSPS) is 25.9. The molecule has 5 nitrogen and oxygen atoms in total. The Hall–Kier alpha value is -1.26. The van der Waals surface area contributed by atoms with Crippen molar-refractivity contribution in [2.45, 2.75) is 58.1 Å². The molecule has 2 aliphatic rings. The molecule has 5 heteroatoms. The van der Waals surface area contributed by atoms with Crippen LogP contribution in [0.25, 0.3) is 0 Å². The average Bonchev–Trinajstić information content (AvgIpc) is 2.60. The molecule has 18 heavy (non-hydrogen) atoms. The van der Waals surface area contributed by atoms with Crippen LogP contribution in [0.4, 0.5) is 4.79 Å². The van der Waals surface area contributed by atoms with Crippen molar-refractivity contribution in [3.05, 3.63) is 0 Å². The second-order valence-electron chi connectivity index (χ2n) is 6.42. The van der Waals surface area contributed by atoms with Crippen molar-refractivity contribution in [2.24, 2.45) is 5.41 Å². The van der Waals surface area contributed by atoms with E-state index in [9.17, 15) is 14.7 Å². The van der Waals surface area contributed by atoms with Gasteiger partial charge in [0.25, 0.3) is 0 Å². The number of hydrogen-bond donors (Lipinski definition) is 1. The Bertz CT molecular complexity index is 366. The lowest BCUT2D eigenvalue weighted by Crippen LogP contribution is -2.68. The summed E-state index contributed by atoms with van der Waals surface area (Å²) in [5.74, 6) is -0.908. The summed E-state index contributed by atoms with van der Waals surface area (Å²) in [6.07, 6.45) is 3.43. The van der Waals surface area contributed by atoms with E-state index in [1.165, 1.54) is 4.90 Å². The van der Waals surface area contributed by atoms with Crippen LogP contribution in [0.5, 0.6) is 0 Å². The van der Waals surface area contributed by atoms with Crippen molar-refractivity contribution >= 4 is 12.1 Å². The van der Waals surface area contributed by atoms with Crippen LogP contribution in [0, 0.1) is 5.41 Å². The van der Waals surface area contributed by atoms with Gasteiger partial charge in [0.15, 0.2) is 0 Å². The number of carboxylic acids is 1. The van der Waals surface area contributed by atoms with Gasteiger partial charge in [-0.15, -0.1) is 0 Å². The van der Waals surface area contributed by atoms with Gasteiger partial charge in [-0.2, -0.15) is 0 Å². The summed E-state index contributed by atoms with van der Waals surface area (Å²) in [6.45, 7) is 5.88. The number of nitrogens with zero attached hydrogens (tertiary/aromatic N) is 1. The molecule has 1 spiro atoms. The first-order valence-corrected chi connectivity index (χ1v) is 6.48. The summed E-state index contributed by atoms with van der Waals surface area (Å²) < 4.78 is 5.25. The fourth-order valence-electron chi connectivity index (χ4n) is 3.13. The van der Waals surface area contributed by atoms with Crippen molar-refractivity contribution in [1.82, 2.24) is 4.90 Å². The highest BCUT2D eigenvalue weighted by atomic mass is 16.6. The monoisotopic (exact) mass is 255 g/mol. The molecule has 0 unspecified atom stereocenters. The van der Waals surface area contributed by atoms with E-state index in [0.717, 1.165) is 25.7 Å². The minimum Gasteiger partial charge on any atom is -0.480 e. The zero-order chi connectivity index (χ0) is 13.6. The number of carboxylic acid groups (broad SMARTS) is 1. The first-order chi connectivity index (χ1) is 8.25. The Morgan fingerprint density at radius 2 is 1.83 bits per heavy atom. The number of carbonyl (C=O) groups excluding carboxylic acids is 1. The molecule has 1 saturated carbocycles. The fraction of sp³-hybridized carbons (Fsp3) is 0.846. The minimum absolute atomic E-state index is 0.192. The zero-order valence-electron chi connectivity index (χ0n) is 11.2. The first-order valence-electron chi connectivity index (χ1n) is 6.48. The van der Waals surface area contributed by atoms with Gasteiger partial charge in [0.05, 0.1) is 0 Å². The summed E-state index contributed by atoms with van der Waals surface area (Å²) in [7, 11) is 0. The number of ether oxygens (including phenoxy) is 1. The number of amides is 1. The van der Waals surface area contributed by atoms with Crippen LogP contribution in [0.3, 0.4) is 0 Å². The summed E-state index contributed by atoms with van der Waals surface area (Å²) in [4.78, 5) is 24.7. The molecule has 0 aromatic carbocycles. The van der Waals surface area contributed by atoms with Gasteiger partial charge in [-0.05, 0) is 33.6 Å². The van der Waals surface area contributed by atoms with E-state index in [0.29, 0.717) is 6.54 Å². The summed E-state index contributed by atoms with van der Waals surface area (Å²) in [6, 6.07) is -0.699. The van der Waals surface area contributed by atoms with Gasteiger partial charge < -0.3 is 9.84 Å². The Kier molecular flexibility index (Phi) is 3.03. The van der Waals surface area contributed by atoms with Crippen molar-refractivity contribution in [3.63, 3.8) is 0 Å². The SMILES string of the molecule is CC(C)(C)OC(=O)N1CC2(CCCC2)[C@H]1C(=O)O. The molecule has 0 aromatic heterocycles. The second kappa shape index (κ2) is 4.14. The predicted molar refractivity (Wildman–Crippen MR) is 65.3 cm³/mol. The highest BCUT2D eigenvalue weighted by Crippen LogP contribution is 2.50. The fourth-order valence-corrected chi connectivity index (χ4v) is 3.13.